The van der Waals surface area contributed by atoms with Gasteiger partial charge in [0.1, 0.15) is 11.5 Å². The van der Waals surface area contributed by atoms with Gasteiger partial charge in [0.15, 0.2) is 0 Å². The summed E-state index contributed by atoms with van der Waals surface area (Å²) in [6.07, 6.45) is 0. The molecule has 0 aromatic heterocycles. The van der Waals surface area contributed by atoms with E-state index in [9.17, 15) is 9.59 Å². The van der Waals surface area contributed by atoms with Gasteiger partial charge in [0.05, 0.1) is 12.8 Å². The van der Waals surface area contributed by atoms with Crippen LogP contribution in [0.1, 0.15) is 12.5 Å². The fourth-order valence-electron chi connectivity index (χ4n) is 2.51. The molecule has 1 aliphatic heterocycles. The summed E-state index contributed by atoms with van der Waals surface area (Å²) in [6.45, 7) is 1.69. The number of fused-ring (bicyclic) bond motifs is 1. The summed E-state index contributed by atoms with van der Waals surface area (Å²) in [7, 11) is 1.57. The van der Waals surface area contributed by atoms with Gasteiger partial charge in [0.25, 0.3) is 17.4 Å². The van der Waals surface area contributed by atoms with Gasteiger partial charge in [-0.2, -0.15) is 0 Å². The molecule has 0 saturated carbocycles. The summed E-state index contributed by atoms with van der Waals surface area (Å²) in [6, 6.07) is 14.4. The van der Waals surface area contributed by atoms with E-state index >= 15 is 0 Å². The van der Waals surface area contributed by atoms with Crippen molar-refractivity contribution < 1.29 is 19.1 Å². The summed E-state index contributed by atoms with van der Waals surface area (Å²) < 4.78 is 10.9. The minimum absolute atomic E-state index is 0.233. The maximum Gasteiger partial charge on any atom is 0.278 e. The Balaban J connectivity index is 1.76. The average Bonchev–Trinajstić information content (AvgIpc) is 2.60. The number of nitrogens with one attached hydrogen (secondary N) is 2. The van der Waals surface area contributed by atoms with Crippen LogP contribution in [0.3, 0.4) is 0 Å². The smallest absolute Gasteiger partial charge is 0.278 e. The summed E-state index contributed by atoms with van der Waals surface area (Å²) in [5.74, 6) is 0.119. The molecule has 2 amide bonds. The molecule has 0 spiro atoms. The predicted molar refractivity (Wildman–Crippen MR) is 88.9 cm³/mol. The average molecular weight is 326 g/mol. The molecule has 2 N–H and O–H groups in total. The van der Waals surface area contributed by atoms with Crippen LogP contribution in [0.25, 0.3) is 0 Å². The van der Waals surface area contributed by atoms with Crippen LogP contribution in [-0.4, -0.2) is 24.5 Å². The first-order chi connectivity index (χ1) is 11.5. The number of hydrogen-bond donors (Lipinski definition) is 2. The van der Waals surface area contributed by atoms with Crippen molar-refractivity contribution >= 4 is 17.5 Å². The van der Waals surface area contributed by atoms with Crippen LogP contribution in [0, 0.1) is 0 Å². The summed E-state index contributed by atoms with van der Waals surface area (Å²) in [5, 5.41) is 5.44. The fraction of sp³-hybridized carbons (Fsp3) is 0.222. The van der Waals surface area contributed by atoms with Crippen LogP contribution < -0.4 is 20.1 Å². The van der Waals surface area contributed by atoms with Crippen LogP contribution in [-0.2, 0) is 16.1 Å². The molecule has 0 aliphatic carbocycles. The van der Waals surface area contributed by atoms with E-state index in [0.717, 1.165) is 5.56 Å². The fourth-order valence-corrected chi connectivity index (χ4v) is 2.51. The van der Waals surface area contributed by atoms with E-state index in [1.165, 1.54) is 6.92 Å². The van der Waals surface area contributed by atoms with E-state index in [1.807, 2.05) is 24.3 Å². The Hall–Kier alpha value is -3.02. The maximum atomic E-state index is 12.6. The molecule has 6 nitrogen and oxygen atoms in total. The number of methoxy groups -OCH3 is 1. The third kappa shape index (κ3) is 2.78. The van der Waals surface area contributed by atoms with Crippen molar-refractivity contribution in [1.29, 1.82) is 0 Å². The van der Waals surface area contributed by atoms with Crippen LogP contribution in [0.2, 0.25) is 0 Å². The molecule has 0 radical (unpaired) electrons. The Morgan fingerprint density at radius 2 is 1.92 bits per heavy atom. The molecular weight excluding hydrogens is 308 g/mol. The first-order valence-electron chi connectivity index (χ1n) is 7.54. The van der Waals surface area contributed by atoms with Crippen LogP contribution in [0.5, 0.6) is 11.5 Å². The highest BCUT2D eigenvalue weighted by atomic mass is 16.5. The first-order valence-corrected chi connectivity index (χ1v) is 7.54. The number of anilines is 1. The number of amides is 2. The molecule has 124 valence electrons. The van der Waals surface area contributed by atoms with Crippen LogP contribution in [0.15, 0.2) is 48.5 Å². The minimum atomic E-state index is -1.63. The molecule has 1 heterocycles. The second kappa shape index (κ2) is 6.23. The molecule has 0 unspecified atom stereocenters. The zero-order valence-electron chi connectivity index (χ0n) is 13.5. The molecule has 2 aromatic rings. The highest BCUT2D eigenvalue weighted by Crippen LogP contribution is 2.33. The SMILES string of the molecule is COc1ccccc1CNC(=O)[C@]1(C)Oc2ccccc2NC1=O. The Kier molecular flexibility index (Phi) is 4.12. The molecule has 0 fully saturated rings. The van der Waals surface area contributed by atoms with Gasteiger partial charge in [-0.3, -0.25) is 9.59 Å². The summed E-state index contributed by atoms with van der Waals surface area (Å²) >= 11 is 0. The highest BCUT2D eigenvalue weighted by Gasteiger charge is 2.47. The van der Waals surface area contributed by atoms with E-state index in [1.54, 1.807) is 31.4 Å². The Labute approximate surface area is 139 Å². The van der Waals surface area contributed by atoms with Gasteiger partial charge in [0.2, 0.25) is 0 Å². The monoisotopic (exact) mass is 326 g/mol. The summed E-state index contributed by atoms with van der Waals surface area (Å²) in [5.41, 5.74) is -0.262. The number of hydrogen-bond acceptors (Lipinski definition) is 4. The van der Waals surface area contributed by atoms with Gasteiger partial charge in [-0.25, -0.2) is 0 Å². The maximum absolute atomic E-state index is 12.6. The van der Waals surface area contributed by atoms with E-state index in [4.69, 9.17) is 9.47 Å². The second-order valence-corrected chi connectivity index (χ2v) is 5.58. The van der Waals surface area contributed by atoms with Gasteiger partial charge < -0.3 is 20.1 Å². The molecule has 0 saturated heterocycles. The van der Waals surface area contributed by atoms with Crippen LogP contribution >= 0.6 is 0 Å². The standard InChI is InChI=1S/C18H18N2O4/c1-18(17(22)20-13-8-4-6-10-15(13)24-18)16(21)19-11-12-7-3-5-9-14(12)23-2/h3-10H,11H2,1-2H3,(H,19,21)(H,20,22)/t18-/m0/s1. The number of ether oxygens (including phenoxy) is 2. The molecule has 1 aliphatic rings. The molecule has 3 rings (SSSR count). The normalized spacial score (nSPS) is 18.8. The lowest BCUT2D eigenvalue weighted by Gasteiger charge is -2.33. The van der Waals surface area contributed by atoms with Crippen molar-refractivity contribution in [3.63, 3.8) is 0 Å². The van der Waals surface area contributed by atoms with E-state index < -0.39 is 17.4 Å². The zero-order valence-corrected chi connectivity index (χ0v) is 13.5. The van der Waals surface area contributed by atoms with E-state index in [2.05, 4.69) is 10.6 Å². The third-order valence-electron chi connectivity index (χ3n) is 3.95. The molecule has 6 heteroatoms. The third-order valence-corrected chi connectivity index (χ3v) is 3.95. The Morgan fingerprint density at radius 3 is 2.71 bits per heavy atom. The lowest BCUT2D eigenvalue weighted by atomic mass is 10.0. The number of para-hydroxylation sites is 3. The van der Waals surface area contributed by atoms with Gasteiger partial charge in [-0.1, -0.05) is 30.3 Å². The van der Waals surface area contributed by atoms with Gasteiger partial charge >= 0.3 is 0 Å². The number of carbonyl (C=O) groups is 2. The molecule has 0 bridgehead atoms. The minimum Gasteiger partial charge on any atom is -0.496 e. The first kappa shape index (κ1) is 15.9. The van der Waals surface area contributed by atoms with Gasteiger partial charge in [-0.15, -0.1) is 0 Å². The van der Waals surface area contributed by atoms with Crippen molar-refractivity contribution in [2.75, 3.05) is 12.4 Å². The Bertz CT molecular complexity index is 790. The molecule has 24 heavy (non-hydrogen) atoms. The van der Waals surface area contributed by atoms with Crippen molar-refractivity contribution in [1.82, 2.24) is 5.32 Å². The molecule has 1 atom stereocenters. The second-order valence-electron chi connectivity index (χ2n) is 5.58. The lowest BCUT2D eigenvalue weighted by Crippen LogP contribution is -2.58. The Morgan fingerprint density at radius 1 is 1.21 bits per heavy atom. The quantitative estimate of drug-likeness (QED) is 0.844. The number of rotatable bonds is 4. The van der Waals surface area contributed by atoms with E-state index in [0.29, 0.717) is 17.2 Å². The van der Waals surface area contributed by atoms with E-state index in [-0.39, 0.29) is 6.54 Å². The number of carbonyl (C=O) groups excluding carboxylic acids is 2. The van der Waals surface area contributed by atoms with Gasteiger partial charge in [0, 0.05) is 12.1 Å². The molecular formula is C18H18N2O4. The zero-order chi connectivity index (χ0) is 17.2. The lowest BCUT2D eigenvalue weighted by molar-refractivity contribution is -0.146. The van der Waals surface area contributed by atoms with Crippen molar-refractivity contribution in [3.05, 3.63) is 54.1 Å². The van der Waals surface area contributed by atoms with Crippen LogP contribution in [0.4, 0.5) is 5.69 Å². The largest absolute Gasteiger partial charge is 0.496 e. The highest BCUT2D eigenvalue weighted by molar-refractivity contribution is 6.15. The van der Waals surface area contributed by atoms with Crippen molar-refractivity contribution in [2.24, 2.45) is 0 Å². The number of benzene rings is 2. The topological polar surface area (TPSA) is 76.7 Å². The summed E-state index contributed by atoms with van der Waals surface area (Å²) in [4.78, 5) is 24.9. The van der Waals surface area contributed by atoms with Crippen molar-refractivity contribution in [3.8, 4) is 11.5 Å². The predicted octanol–water partition coefficient (Wildman–Crippen LogP) is 2.10. The molecule has 2 aromatic carbocycles. The van der Waals surface area contributed by atoms with Gasteiger partial charge in [-0.05, 0) is 25.1 Å². The van der Waals surface area contributed by atoms with Crippen molar-refractivity contribution in [2.45, 2.75) is 19.1 Å².